The van der Waals surface area contributed by atoms with E-state index < -0.39 is 0 Å². The molecule has 1 amide bonds. The van der Waals surface area contributed by atoms with Gasteiger partial charge in [-0.2, -0.15) is 0 Å². The summed E-state index contributed by atoms with van der Waals surface area (Å²) in [6.45, 7) is 5.50. The van der Waals surface area contributed by atoms with E-state index >= 15 is 0 Å². The van der Waals surface area contributed by atoms with Crippen LogP contribution in [0.25, 0.3) is 0 Å². The molecule has 5 heteroatoms. The molecule has 21 heavy (non-hydrogen) atoms. The maximum absolute atomic E-state index is 12.2. The first-order valence-corrected chi connectivity index (χ1v) is 8.02. The Morgan fingerprint density at radius 2 is 2.33 bits per heavy atom. The Hall–Kier alpha value is -1.10. The van der Waals surface area contributed by atoms with Crippen molar-refractivity contribution in [3.63, 3.8) is 0 Å². The van der Waals surface area contributed by atoms with Crippen LogP contribution in [0.2, 0.25) is 5.02 Å². The minimum Gasteiger partial charge on any atom is -0.325 e. The van der Waals surface area contributed by atoms with Crippen molar-refractivity contribution < 1.29 is 4.79 Å². The summed E-state index contributed by atoms with van der Waals surface area (Å²) in [6, 6.07) is 6.16. The predicted molar refractivity (Wildman–Crippen MR) is 85.8 cm³/mol. The highest BCUT2D eigenvalue weighted by molar-refractivity contribution is 6.31. The molecule has 1 aromatic rings. The van der Waals surface area contributed by atoms with Crippen molar-refractivity contribution >= 4 is 23.2 Å². The zero-order valence-corrected chi connectivity index (χ0v) is 13.1. The molecule has 0 aliphatic carbocycles. The number of halogens is 1. The second kappa shape index (κ2) is 6.34. The predicted octanol–water partition coefficient (Wildman–Crippen LogP) is 2.27. The molecule has 1 aromatic carbocycles. The van der Waals surface area contributed by atoms with E-state index in [1.54, 1.807) is 0 Å². The van der Waals surface area contributed by atoms with Crippen LogP contribution in [0, 0.1) is 12.8 Å². The number of likely N-dealkylation sites (tertiary alicyclic amines) is 1. The van der Waals surface area contributed by atoms with E-state index in [1.165, 1.54) is 12.8 Å². The molecule has 2 saturated heterocycles. The fourth-order valence-corrected chi connectivity index (χ4v) is 3.58. The highest BCUT2D eigenvalue weighted by Crippen LogP contribution is 2.25. The quantitative estimate of drug-likeness (QED) is 0.900. The first kappa shape index (κ1) is 14.8. The average Bonchev–Trinajstić information content (AvgIpc) is 2.86. The summed E-state index contributed by atoms with van der Waals surface area (Å²) in [5.41, 5.74) is 1.73. The molecule has 2 N–H and O–H groups in total. The van der Waals surface area contributed by atoms with Gasteiger partial charge in [-0.3, -0.25) is 9.69 Å². The smallest absolute Gasteiger partial charge is 0.238 e. The van der Waals surface area contributed by atoms with Crippen molar-refractivity contribution in [3.8, 4) is 0 Å². The van der Waals surface area contributed by atoms with Gasteiger partial charge in [-0.1, -0.05) is 17.7 Å². The van der Waals surface area contributed by atoms with Gasteiger partial charge in [0.05, 0.1) is 6.54 Å². The number of nitrogens with zero attached hydrogens (tertiary/aromatic N) is 1. The van der Waals surface area contributed by atoms with Gasteiger partial charge >= 0.3 is 0 Å². The Balaban J connectivity index is 1.56. The van der Waals surface area contributed by atoms with Crippen LogP contribution >= 0.6 is 11.6 Å². The number of amides is 1. The van der Waals surface area contributed by atoms with Gasteiger partial charge in [0, 0.05) is 29.8 Å². The molecule has 4 nitrogen and oxygen atoms in total. The summed E-state index contributed by atoms with van der Waals surface area (Å²) >= 11 is 6.08. The number of hydrogen-bond donors (Lipinski definition) is 2. The Kier molecular flexibility index (Phi) is 4.48. The van der Waals surface area contributed by atoms with Crippen LogP contribution in [0.1, 0.15) is 18.4 Å². The Bertz CT molecular complexity index is 520. The molecule has 0 radical (unpaired) electrons. The van der Waals surface area contributed by atoms with E-state index in [9.17, 15) is 4.79 Å². The number of nitrogens with one attached hydrogen (secondary N) is 2. The lowest BCUT2D eigenvalue weighted by atomic mass is 9.94. The molecule has 3 rings (SSSR count). The molecule has 2 unspecified atom stereocenters. The maximum atomic E-state index is 12.2. The van der Waals surface area contributed by atoms with Gasteiger partial charge in [0.2, 0.25) is 5.91 Å². The lowest BCUT2D eigenvalue weighted by molar-refractivity contribution is -0.117. The van der Waals surface area contributed by atoms with Crippen LogP contribution in [0.5, 0.6) is 0 Å². The van der Waals surface area contributed by atoms with Crippen molar-refractivity contribution in [1.29, 1.82) is 0 Å². The molecular formula is C16H22ClN3O. The number of rotatable bonds is 3. The zero-order chi connectivity index (χ0) is 14.8. The first-order chi connectivity index (χ1) is 10.1. The van der Waals surface area contributed by atoms with E-state index in [2.05, 4.69) is 15.5 Å². The Morgan fingerprint density at radius 3 is 3.14 bits per heavy atom. The zero-order valence-electron chi connectivity index (χ0n) is 12.4. The maximum Gasteiger partial charge on any atom is 0.238 e. The largest absolute Gasteiger partial charge is 0.325 e. The normalized spacial score (nSPS) is 25.6. The summed E-state index contributed by atoms with van der Waals surface area (Å²) in [5, 5.41) is 7.22. The van der Waals surface area contributed by atoms with Crippen LogP contribution in [0.4, 0.5) is 5.69 Å². The number of benzene rings is 1. The number of piperidine rings is 1. The molecular weight excluding hydrogens is 286 g/mol. The number of fused-ring (bicyclic) bond motifs is 1. The third kappa shape index (κ3) is 3.39. The molecule has 0 bridgehead atoms. The molecule has 0 aromatic heterocycles. The molecule has 2 heterocycles. The molecule has 2 aliphatic rings. The minimum atomic E-state index is 0.0408. The van der Waals surface area contributed by atoms with E-state index in [0.29, 0.717) is 23.5 Å². The van der Waals surface area contributed by atoms with E-state index in [4.69, 9.17) is 11.6 Å². The second-order valence-corrected chi connectivity index (χ2v) is 6.52. The third-order valence-corrected chi connectivity index (χ3v) is 4.99. The Morgan fingerprint density at radius 1 is 1.48 bits per heavy atom. The minimum absolute atomic E-state index is 0.0408. The van der Waals surface area contributed by atoms with Gasteiger partial charge in [-0.15, -0.1) is 0 Å². The fraction of sp³-hybridized carbons (Fsp3) is 0.562. The van der Waals surface area contributed by atoms with Crippen LogP contribution in [0.3, 0.4) is 0 Å². The fourth-order valence-electron chi connectivity index (χ4n) is 3.40. The van der Waals surface area contributed by atoms with Crippen molar-refractivity contribution in [3.05, 3.63) is 28.8 Å². The summed E-state index contributed by atoms with van der Waals surface area (Å²) in [5.74, 6) is 0.749. The molecule has 0 spiro atoms. The second-order valence-electron chi connectivity index (χ2n) is 6.12. The number of anilines is 1. The van der Waals surface area contributed by atoms with Crippen LogP contribution < -0.4 is 10.6 Å². The van der Waals surface area contributed by atoms with Gasteiger partial charge in [-0.25, -0.2) is 0 Å². The van der Waals surface area contributed by atoms with Gasteiger partial charge in [0.1, 0.15) is 0 Å². The van der Waals surface area contributed by atoms with Crippen molar-refractivity contribution in [1.82, 2.24) is 10.2 Å². The molecule has 114 valence electrons. The highest BCUT2D eigenvalue weighted by Gasteiger charge is 2.34. The molecule has 2 atom stereocenters. The monoisotopic (exact) mass is 307 g/mol. The number of hydrogen-bond acceptors (Lipinski definition) is 3. The SMILES string of the molecule is Cc1c(Cl)cccc1NC(=O)CN1CC2CCCNC2C1. The highest BCUT2D eigenvalue weighted by atomic mass is 35.5. The molecule has 2 fully saturated rings. The van der Waals surface area contributed by atoms with E-state index in [0.717, 1.165) is 30.9 Å². The average molecular weight is 308 g/mol. The number of carbonyl (C=O) groups excluding carboxylic acids is 1. The van der Waals surface area contributed by atoms with Gasteiger partial charge in [0.15, 0.2) is 0 Å². The van der Waals surface area contributed by atoms with Gasteiger partial charge < -0.3 is 10.6 Å². The van der Waals surface area contributed by atoms with Crippen molar-refractivity contribution in [2.24, 2.45) is 5.92 Å². The third-order valence-electron chi connectivity index (χ3n) is 4.58. The summed E-state index contributed by atoms with van der Waals surface area (Å²) in [7, 11) is 0. The van der Waals surface area contributed by atoms with E-state index in [-0.39, 0.29) is 5.91 Å². The van der Waals surface area contributed by atoms with Crippen LogP contribution in [0.15, 0.2) is 18.2 Å². The summed E-state index contributed by atoms with van der Waals surface area (Å²) in [6.07, 6.45) is 2.53. The van der Waals surface area contributed by atoms with Gasteiger partial charge in [0.25, 0.3) is 0 Å². The van der Waals surface area contributed by atoms with Crippen LogP contribution in [-0.2, 0) is 4.79 Å². The van der Waals surface area contributed by atoms with Crippen LogP contribution in [-0.4, -0.2) is 43.0 Å². The standard InChI is InChI=1S/C16H22ClN3O/c1-11-13(17)5-2-6-14(11)19-16(21)10-20-8-12-4-3-7-18-15(12)9-20/h2,5-6,12,15,18H,3-4,7-10H2,1H3,(H,19,21). The first-order valence-electron chi connectivity index (χ1n) is 7.64. The lowest BCUT2D eigenvalue weighted by Gasteiger charge is -2.24. The lowest BCUT2D eigenvalue weighted by Crippen LogP contribution is -2.41. The molecule has 0 saturated carbocycles. The summed E-state index contributed by atoms with van der Waals surface area (Å²) in [4.78, 5) is 14.5. The van der Waals surface area contributed by atoms with Crippen molar-refractivity contribution in [2.75, 3.05) is 31.5 Å². The topological polar surface area (TPSA) is 44.4 Å². The van der Waals surface area contributed by atoms with Gasteiger partial charge in [-0.05, 0) is 49.9 Å². The summed E-state index contributed by atoms with van der Waals surface area (Å²) < 4.78 is 0. The Labute approximate surface area is 130 Å². The van der Waals surface area contributed by atoms with Crippen molar-refractivity contribution in [2.45, 2.75) is 25.8 Å². The van der Waals surface area contributed by atoms with E-state index in [1.807, 2.05) is 25.1 Å². The molecule has 2 aliphatic heterocycles. The number of carbonyl (C=O) groups is 1.